The molecule has 0 bridgehead atoms. The van der Waals surface area contributed by atoms with Gasteiger partial charge in [0, 0.05) is 0 Å². The molecular formula is C17H26BrN3. The Morgan fingerprint density at radius 3 is 2.33 bits per heavy atom. The number of aromatic nitrogens is 2. The molecule has 0 aliphatic heterocycles. The molecule has 3 nitrogen and oxygen atoms in total. The predicted molar refractivity (Wildman–Crippen MR) is 82.4 cm³/mol. The largest absolute Gasteiger partial charge is 1.00 e. The van der Waals surface area contributed by atoms with Crippen molar-refractivity contribution in [1.29, 1.82) is 0 Å². The number of nitrogens with zero attached hydrogens (tertiary/aromatic N) is 3. The van der Waals surface area contributed by atoms with Gasteiger partial charge in [-0.25, -0.2) is 9.13 Å². The fourth-order valence-corrected chi connectivity index (χ4v) is 2.78. The van der Waals surface area contributed by atoms with Crippen LogP contribution in [0.4, 0.5) is 0 Å². The first-order valence-electron chi connectivity index (χ1n) is 7.63. The monoisotopic (exact) mass is 351 g/mol. The van der Waals surface area contributed by atoms with Crippen LogP contribution in [0.15, 0.2) is 49.1 Å². The lowest BCUT2D eigenvalue weighted by Gasteiger charge is -2.25. The van der Waals surface area contributed by atoms with Crippen LogP contribution in [0.2, 0.25) is 0 Å². The highest BCUT2D eigenvalue weighted by Gasteiger charge is 2.20. The van der Waals surface area contributed by atoms with E-state index in [1.54, 1.807) is 0 Å². The first kappa shape index (κ1) is 17.9. The number of halogens is 1. The van der Waals surface area contributed by atoms with Crippen LogP contribution < -0.4 is 21.5 Å². The molecule has 0 aliphatic carbocycles. The maximum atomic E-state index is 2.49. The molecule has 0 saturated carbocycles. The second-order valence-electron chi connectivity index (χ2n) is 5.13. The fraction of sp³-hybridized carbons (Fsp3) is 0.471. The first-order valence-corrected chi connectivity index (χ1v) is 7.63. The van der Waals surface area contributed by atoms with E-state index in [0.717, 1.165) is 26.1 Å². The summed E-state index contributed by atoms with van der Waals surface area (Å²) >= 11 is 0. The summed E-state index contributed by atoms with van der Waals surface area (Å²) in [5, 5.41) is 0. The van der Waals surface area contributed by atoms with Gasteiger partial charge in [-0.2, -0.15) is 0 Å². The van der Waals surface area contributed by atoms with Crippen molar-refractivity contribution in [2.45, 2.75) is 39.9 Å². The quantitative estimate of drug-likeness (QED) is 0.643. The smallest absolute Gasteiger partial charge is 0.245 e. The number of hydrogen-bond acceptors (Lipinski definition) is 1. The molecule has 1 unspecified atom stereocenters. The lowest BCUT2D eigenvalue weighted by atomic mass is 10.2. The van der Waals surface area contributed by atoms with E-state index in [0.29, 0.717) is 6.17 Å². The topological polar surface area (TPSA) is 12.1 Å². The summed E-state index contributed by atoms with van der Waals surface area (Å²) in [4.78, 5) is 2.49. The molecule has 1 aromatic carbocycles. The van der Waals surface area contributed by atoms with Gasteiger partial charge in [-0.05, 0) is 25.1 Å². The van der Waals surface area contributed by atoms with E-state index in [-0.39, 0.29) is 17.0 Å². The SMILES string of the molecule is CCC(N(CC)CC)n1cc[n+](Cc2ccccc2)c1.[Br-]. The maximum Gasteiger partial charge on any atom is 0.245 e. The van der Waals surface area contributed by atoms with Crippen LogP contribution in [0.25, 0.3) is 0 Å². The molecule has 4 heteroatoms. The first-order chi connectivity index (χ1) is 9.78. The minimum Gasteiger partial charge on any atom is -1.00 e. The van der Waals surface area contributed by atoms with Gasteiger partial charge in [-0.15, -0.1) is 0 Å². The highest BCUT2D eigenvalue weighted by Crippen LogP contribution is 2.15. The van der Waals surface area contributed by atoms with Crippen LogP contribution in [0.5, 0.6) is 0 Å². The van der Waals surface area contributed by atoms with Gasteiger partial charge in [0.25, 0.3) is 0 Å². The Labute approximate surface area is 139 Å². The van der Waals surface area contributed by atoms with E-state index in [1.165, 1.54) is 5.56 Å². The third-order valence-electron chi connectivity index (χ3n) is 3.86. The van der Waals surface area contributed by atoms with Crippen molar-refractivity contribution in [1.82, 2.24) is 9.47 Å². The van der Waals surface area contributed by atoms with Crippen molar-refractivity contribution in [3.8, 4) is 0 Å². The maximum absolute atomic E-state index is 2.49. The summed E-state index contributed by atoms with van der Waals surface area (Å²) in [7, 11) is 0. The Bertz CT molecular complexity index is 506. The minimum absolute atomic E-state index is 0. The Kier molecular flexibility index (Phi) is 7.68. The van der Waals surface area contributed by atoms with Crippen molar-refractivity contribution in [3.05, 3.63) is 54.6 Å². The zero-order chi connectivity index (χ0) is 14.4. The van der Waals surface area contributed by atoms with Gasteiger partial charge in [0.1, 0.15) is 18.9 Å². The van der Waals surface area contributed by atoms with Gasteiger partial charge < -0.3 is 17.0 Å². The van der Waals surface area contributed by atoms with Crippen LogP contribution in [0, 0.1) is 0 Å². The fourth-order valence-electron chi connectivity index (χ4n) is 2.78. The van der Waals surface area contributed by atoms with E-state index in [1.807, 2.05) is 0 Å². The predicted octanol–water partition coefficient (Wildman–Crippen LogP) is 0.0783. The standard InChI is InChI=1S/C17H26N3.BrH/c1-4-17(19(5-2)6-3)20-13-12-18(15-20)14-16-10-8-7-9-11-16;/h7-13,15,17H,4-6,14H2,1-3H3;1H/q+1;/p-1. The second kappa shape index (κ2) is 9.00. The average molecular weight is 352 g/mol. The molecule has 0 amide bonds. The summed E-state index contributed by atoms with van der Waals surface area (Å²) < 4.78 is 4.58. The van der Waals surface area contributed by atoms with Crippen LogP contribution in [-0.2, 0) is 6.54 Å². The lowest BCUT2D eigenvalue weighted by molar-refractivity contribution is -0.688. The molecule has 1 atom stereocenters. The van der Waals surface area contributed by atoms with Gasteiger partial charge in [-0.3, -0.25) is 4.90 Å². The highest BCUT2D eigenvalue weighted by molar-refractivity contribution is 5.13. The normalized spacial score (nSPS) is 12.2. The Morgan fingerprint density at radius 1 is 1.10 bits per heavy atom. The number of rotatable bonds is 7. The van der Waals surface area contributed by atoms with Crippen molar-refractivity contribution in [3.63, 3.8) is 0 Å². The Hall–Kier alpha value is -1.13. The third kappa shape index (κ3) is 4.68. The summed E-state index contributed by atoms with van der Waals surface area (Å²) in [6.07, 6.45) is 8.16. The van der Waals surface area contributed by atoms with Gasteiger partial charge in [0.15, 0.2) is 6.17 Å². The molecule has 2 aromatic rings. The zero-order valence-corrected chi connectivity index (χ0v) is 14.8. The summed E-state index contributed by atoms with van der Waals surface area (Å²) in [5.41, 5.74) is 1.34. The minimum atomic E-state index is 0. The van der Waals surface area contributed by atoms with E-state index in [9.17, 15) is 0 Å². The van der Waals surface area contributed by atoms with Crippen LogP contribution >= 0.6 is 0 Å². The molecule has 116 valence electrons. The van der Waals surface area contributed by atoms with E-state index in [2.05, 4.69) is 83.9 Å². The molecule has 1 heterocycles. The van der Waals surface area contributed by atoms with Crippen molar-refractivity contribution >= 4 is 0 Å². The molecule has 21 heavy (non-hydrogen) atoms. The molecule has 1 aromatic heterocycles. The molecule has 0 saturated heterocycles. The zero-order valence-electron chi connectivity index (χ0n) is 13.2. The second-order valence-corrected chi connectivity index (χ2v) is 5.13. The molecule has 2 rings (SSSR count). The average Bonchev–Trinajstić information content (AvgIpc) is 2.93. The molecule has 0 N–H and O–H groups in total. The third-order valence-corrected chi connectivity index (χ3v) is 3.86. The van der Waals surface area contributed by atoms with Crippen LogP contribution in [0.1, 0.15) is 38.9 Å². The number of imidazole rings is 1. The van der Waals surface area contributed by atoms with Crippen LogP contribution in [0.3, 0.4) is 0 Å². The van der Waals surface area contributed by atoms with Crippen molar-refractivity contribution in [2.24, 2.45) is 0 Å². The van der Waals surface area contributed by atoms with Crippen LogP contribution in [-0.4, -0.2) is 22.6 Å². The highest BCUT2D eigenvalue weighted by atomic mass is 79.9. The van der Waals surface area contributed by atoms with E-state index >= 15 is 0 Å². The summed E-state index contributed by atoms with van der Waals surface area (Å²) in [6, 6.07) is 10.6. The summed E-state index contributed by atoms with van der Waals surface area (Å²) in [6.45, 7) is 9.83. The number of benzene rings is 1. The number of hydrogen-bond donors (Lipinski definition) is 0. The van der Waals surface area contributed by atoms with Crippen molar-refractivity contribution < 1.29 is 21.5 Å². The molecule has 0 aliphatic rings. The van der Waals surface area contributed by atoms with Gasteiger partial charge >= 0.3 is 0 Å². The van der Waals surface area contributed by atoms with Gasteiger partial charge in [0.05, 0.1) is 0 Å². The van der Waals surface area contributed by atoms with Crippen molar-refractivity contribution in [2.75, 3.05) is 13.1 Å². The Balaban J connectivity index is 0.00000220. The van der Waals surface area contributed by atoms with E-state index < -0.39 is 0 Å². The molecule has 0 radical (unpaired) electrons. The Morgan fingerprint density at radius 2 is 1.76 bits per heavy atom. The summed E-state index contributed by atoms with van der Waals surface area (Å²) in [5.74, 6) is 0. The van der Waals surface area contributed by atoms with E-state index in [4.69, 9.17) is 0 Å². The van der Waals surface area contributed by atoms with Gasteiger partial charge in [0.2, 0.25) is 6.33 Å². The lowest BCUT2D eigenvalue weighted by Crippen LogP contribution is -3.00. The molecular weight excluding hydrogens is 326 g/mol. The van der Waals surface area contributed by atoms with Gasteiger partial charge in [-0.1, -0.05) is 51.1 Å². The molecule has 0 spiro atoms. The molecule has 0 fully saturated rings.